The summed E-state index contributed by atoms with van der Waals surface area (Å²) >= 11 is 0. The van der Waals surface area contributed by atoms with E-state index < -0.39 is 6.09 Å². The zero-order valence-electron chi connectivity index (χ0n) is 12.4. The molecule has 0 N–H and O–H groups in total. The first-order valence-electron chi connectivity index (χ1n) is 6.86. The number of nitrogens with zero attached hydrogens (tertiary/aromatic N) is 3. The molecular formula is C17H15N3O2. The molecule has 110 valence electrons. The Hall–Kier alpha value is -2.95. The van der Waals surface area contributed by atoms with Gasteiger partial charge in [0.2, 0.25) is 0 Å². The summed E-state index contributed by atoms with van der Waals surface area (Å²) in [6.07, 6.45) is -0.484. The minimum absolute atomic E-state index is 0.212. The summed E-state index contributed by atoms with van der Waals surface area (Å²) in [5.41, 5.74) is 2.84. The van der Waals surface area contributed by atoms with Crippen LogP contribution in [0.2, 0.25) is 0 Å². The first-order valence-corrected chi connectivity index (χ1v) is 6.86. The molecule has 0 aliphatic rings. The number of carbonyl (C=O) groups is 1. The molecule has 0 fully saturated rings. The maximum absolute atomic E-state index is 11.9. The summed E-state index contributed by atoms with van der Waals surface area (Å²) in [6.45, 7) is 0. The normalized spacial score (nSPS) is 10.5. The van der Waals surface area contributed by atoms with Gasteiger partial charge in [0, 0.05) is 19.7 Å². The van der Waals surface area contributed by atoms with Crippen LogP contribution in [0.4, 0.5) is 4.79 Å². The Balaban J connectivity index is 2.16. The fraction of sp³-hybridized carbons (Fsp3) is 0.118. The third kappa shape index (κ3) is 2.74. The number of carbonyl (C=O) groups excluding carboxylic acids is 1. The largest absolute Gasteiger partial charge is 0.416 e. The number of para-hydroxylation sites is 2. The van der Waals surface area contributed by atoms with E-state index in [1.54, 1.807) is 14.1 Å². The average Bonchev–Trinajstić information content (AvgIpc) is 2.55. The lowest BCUT2D eigenvalue weighted by atomic mass is 10.1. The van der Waals surface area contributed by atoms with Gasteiger partial charge in [-0.05, 0) is 12.1 Å². The molecule has 0 saturated carbocycles. The summed E-state index contributed by atoms with van der Waals surface area (Å²) in [5.74, 6) is 0.212. The predicted octanol–water partition coefficient (Wildman–Crippen LogP) is 3.36. The number of benzene rings is 2. The van der Waals surface area contributed by atoms with Gasteiger partial charge in [0.05, 0.1) is 11.0 Å². The molecule has 0 unspecified atom stereocenters. The monoisotopic (exact) mass is 293 g/mol. The summed E-state index contributed by atoms with van der Waals surface area (Å²) in [6, 6.07) is 17.0. The van der Waals surface area contributed by atoms with E-state index in [-0.39, 0.29) is 5.88 Å². The molecule has 22 heavy (non-hydrogen) atoms. The molecule has 5 heteroatoms. The fourth-order valence-electron chi connectivity index (χ4n) is 2.01. The van der Waals surface area contributed by atoms with E-state index in [0.29, 0.717) is 11.2 Å². The smallest absolute Gasteiger partial charge is 0.389 e. The van der Waals surface area contributed by atoms with Crippen LogP contribution < -0.4 is 4.74 Å². The first kappa shape index (κ1) is 14.0. The Morgan fingerprint density at radius 3 is 2.14 bits per heavy atom. The SMILES string of the molecule is CN(C)C(=O)Oc1nc2ccccc2nc1-c1ccccc1. The van der Waals surface area contributed by atoms with Gasteiger partial charge in [0.15, 0.2) is 0 Å². The molecule has 3 aromatic rings. The lowest BCUT2D eigenvalue weighted by molar-refractivity contribution is 0.170. The number of amides is 1. The molecule has 0 aliphatic carbocycles. The molecule has 1 amide bonds. The Kier molecular flexibility index (Phi) is 3.70. The number of fused-ring (bicyclic) bond motifs is 1. The fourth-order valence-corrected chi connectivity index (χ4v) is 2.01. The van der Waals surface area contributed by atoms with Crippen molar-refractivity contribution in [1.82, 2.24) is 14.9 Å². The highest BCUT2D eigenvalue weighted by molar-refractivity contribution is 5.81. The molecule has 2 aromatic carbocycles. The molecule has 0 spiro atoms. The van der Waals surface area contributed by atoms with Crippen molar-refractivity contribution in [2.24, 2.45) is 0 Å². The van der Waals surface area contributed by atoms with Crippen molar-refractivity contribution in [1.29, 1.82) is 0 Å². The molecule has 0 saturated heterocycles. The van der Waals surface area contributed by atoms with Crippen molar-refractivity contribution in [2.45, 2.75) is 0 Å². The Bertz CT molecular complexity index is 817. The van der Waals surface area contributed by atoms with Gasteiger partial charge in [-0.3, -0.25) is 0 Å². The van der Waals surface area contributed by atoms with E-state index in [0.717, 1.165) is 11.1 Å². The van der Waals surface area contributed by atoms with Crippen molar-refractivity contribution in [2.75, 3.05) is 14.1 Å². The lowest BCUT2D eigenvalue weighted by Gasteiger charge is -2.13. The maximum atomic E-state index is 11.9. The molecule has 0 aliphatic heterocycles. The molecule has 0 bridgehead atoms. The Morgan fingerprint density at radius 2 is 1.50 bits per heavy atom. The van der Waals surface area contributed by atoms with Gasteiger partial charge < -0.3 is 9.64 Å². The predicted molar refractivity (Wildman–Crippen MR) is 84.7 cm³/mol. The average molecular weight is 293 g/mol. The van der Waals surface area contributed by atoms with E-state index in [4.69, 9.17) is 4.74 Å². The zero-order chi connectivity index (χ0) is 15.5. The van der Waals surface area contributed by atoms with Gasteiger partial charge in [-0.25, -0.2) is 14.8 Å². The molecule has 5 nitrogen and oxygen atoms in total. The number of ether oxygens (including phenoxy) is 1. The van der Waals surface area contributed by atoms with Crippen LogP contribution in [-0.4, -0.2) is 35.1 Å². The minimum atomic E-state index is -0.484. The third-order valence-corrected chi connectivity index (χ3v) is 3.13. The number of aromatic nitrogens is 2. The van der Waals surface area contributed by atoms with Crippen molar-refractivity contribution >= 4 is 17.1 Å². The second-order valence-corrected chi connectivity index (χ2v) is 4.99. The van der Waals surface area contributed by atoms with E-state index in [2.05, 4.69) is 9.97 Å². The van der Waals surface area contributed by atoms with Crippen molar-refractivity contribution in [3.05, 3.63) is 54.6 Å². The molecular weight excluding hydrogens is 278 g/mol. The molecule has 0 atom stereocenters. The number of rotatable bonds is 2. The van der Waals surface area contributed by atoms with Crippen LogP contribution in [0, 0.1) is 0 Å². The first-order chi connectivity index (χ1) is 10.6. The van der Waals surface area contributed by atoms with Crippen molar-refractivity contribution < 1.29 is 9.53 Å². The quantitative estimate of drug-likeness (QED) is 0.727. The van der Waals surface area contributed by atoms with Gasteiger partial charge in [-0.15, -0.1) is 0 Å². The topological polar surface area (TPSA) is 55.3 Å². The summed E-state index contributed by atoms with van der Waals surface area (Å²) < 4.78 is 5.38. The number of hydrogen-bond acceptors (Lipinski definition) is 4. The third-order valence-electron chi connectivity index (χ3n) is 3.13. The van der Waals surface area contributed by atoms with E-state index in [9.17, 15) is 4.79 Å². The lowest BCUT2D eigenvalue weighted by Crippen LogP contribution is -2.26. The van der Waals surface area contributed by atoms with Gasteiger partial charge in [-0.2, -0.15) is 0 Å². The maximum Gasteiger partial charge on any atom is 0.416 e. The molecule has 0 radical (unpaired) electrons. The molecule has 3 rings (SSSR count). The van der Waals surface area contributed by atoms with Crippen LogP contribution >= 0.6 is 0 Å². The highest BCUT2D eigenvalue weighted by Gasteiger charge is 2.16. The van der Waals surface area contributed by atoms with Gasteiger partial charge in [-0.1, -0.05) is 42.5 Å². The zero-order valence-corrected chi connectivity index (χ0v) is 12.4. The Morgan fingerprint density at radius 1 is 0.909 bits per heavy atom. The summed E-state index contributed by atoms with van der Waals surface area (Å²) in [5, 5.41) is 0. The summed E-state index contributed by atoms with van der Waals surface area (Å²) in [7, 11) is 3.25. The Labute approximate surface area is 128 Å². The van der Waals surface area contributed by atoms with Crippen LogP contribution in [0.1, 0.15) is 0 Å². The van der Waals surface area contributed by atoms with Gasteiger partial charge in [0.1, 0.15) is 5.69 Å². The molecule has 1 aromatic heterocycles. The van der Waals surface area contributed by atoms with E-state index >= 15 is 0 Å². The summed E-state index contributed by atoms with van der Waals surface area (Å²) in [4.78, 5) is 22.3. The van der Waals surface area contributed by atoms with Crippen LogP contribution in [0.5, 0.6) is 5.88 Å². The number of hydrogen-bond donors (Lipinski definition) is 0. The van der Waals surface area contributed by atoms with Gasteiger partial charge in [0.25, 0.3) is 5.88 Å². The second-order valence-electron chi connectivity index (χ2n) is 4.99. The second kappa shape index (κ2) is 5.81. The van der Waals surface area contributed by atoms with Crippen molar-refractivity contribution in [3.63, 3.8) is 0 Å². The van der Waals surface area contributed by atoms with Crippen LogP contribution in [-0.2, 0) is 0 Å². The standard InChI is InChI=1S/C17H15N3O2/c1-20(2)17(21)22-16-15(12-8-4-3-5-9-12)18-13-10-6-7-11-14(13)19-16/h3-11H,1-2H3. The molecule has 1 heterocycles. The van der Waals surface area contributed by atoms with Crippen LogP contribution in [0.15, 0.2) is 54.6 Å². The van der Waals surface area contributed by atoms with Crippen LogP contribution in [0.25, 0.3) is 22.3 Å². The van der Waals surface area contributed by atoms with E-state index in [1.807, 2.05) is 54.6 Å². The highest BCUT2D eigenvalue weighted by Crippen LogP contribution is 2.28. The van der Waals surface area contributed by atoms with Crippen LogP contribution in [0.3, 0.4) is 0 Å². The van der Waals surface area contributed by atoms with Crippen molar-refractivity contribution in [3.8, 4) is 17.1 Å². The van der Waals surface area contributed by atoms with Gasteiger partial charge >= 0.3 is 6.09 Å². The minimum Gasteiger partial charge on any atom is -0.389 e. The van der Waals surface area contributed by atoms with E-state index in [1.165, 1.54) is 4.90 Å². The highest BCUT2D eigenvalue weighted by atomic mass is 16.6.